The van der Waals surface area contributed by atoms with Crippen LogP contribution >= 0.6 is 7.82 Å². The van der Waals surface area contributed by atoms with Crippen LogP contribution in [0.5, 0.6) is 11.6 Å². The van der Waals surface area contributed by atoms with Crippen LogP contribution in [0, 0.1) is 24.4 Å². The van der Waals surface area contributed by atoms with Gasteiger partial charge in [-0.25, -0.2) is 27.7 Å². The molecule has 0 amide bonds. The van der Waals surface area contributed by atoms with E-state index in [1.54, 1.807) is 33.8 Å². The highest BCUT2D eigenvalue weighted by Gasteiger charge is 2.57. The normalized spacial score (nSPS) is 17.4. The van der Waals surface area contributed by atoms with Crippen LogP contribution in [0.2, 0.25) is 0 Å². The van der Waals surface area contributed by atoms with E-state index < -0.39 is 42.2 Å². The Morgan fingerprint density at radius 3 is 2.44 bits per heavy atom. The topological polar surface area (TPSA) is 147 Å². The second-order valence-corrected chi connectivity index (χ2v) is 11.1. The molecule has 0 aliphatic carbocycles. The Kier molecular flexibility index (Phi) is 7.18. The van der Waals surface area contributed by atoms with Gasteiger partial charge < -0.3 is 28.4 Å². The Hall–Kier alpha value is -3.78. The van der Waals surface area contributed by atoms with Gasteiger partial charge in [-0.15, -0.1) is 10.2 Å². The first-order valence-corrected chi connectivity index (χ1v) is 13.9. The SMILES string of the molecule is COc1nc(-c2nnc3n2CCC[C@@]3(Oc2cc(F)c(F)c(F)c2)C(C)(C)OP(=O)(O)O)ccc1-n1cnc(C)c1. The molecule has 2 N–H and O–H groups in total. The van der Waals surface area contributed by atoms with E-state index in [0.717, 1.165) is 5.69 Å². The molecular weight excluding hydrogens is 568 g/mol. The van der Waals surface area contributed by atoms with E-state index in [1.165, 1.54) is 21.0 Å². The maximum absolute atomic E-state index is 14.1. The first-order chi connectivity index (χ1) is 19.2. The molecule has 0 saturated heterocycles. The number of rotatable bonds is 8. The molecule has 4 aromatic rings. The average molecular weight is 594 g/mol. The minimum absolute atomic E-state index is 0.0500. The fraction of sp³-hybridized carbons (Fsp3) is 0.360. The van der Waals surface area contributed by atoms with Crippen LogP contribution in [0.4, 0.5) is 13.2 Å². The van der Waals surface area contributed by atoms with Crippen LogP contribution in [0.1, 0.15) is 38.2 Å². The van der Waals surface area contributed by atoms with E-state index in [-0.39, 0.29) is 23.9 Å². The molecule has 1 aliphatic rings. The third-order valence-corrected chi connectivity index (χ3v) is 7.54. The van der Waals surface area contributed by atoms with Crippen LogP contribution < -0.4 is 9.47 Å². The minimum Gasteiger partial charge on any atom is -0.479 e. The average Bonchev–Trinajstić information content (AvgIpc) is 3.52. The zero-order chi connectivity index (χ0) is 29.7. The molecule has 3 aromatic heterocycles. The van der Waals surface area contributed by atoms with E-state index in [1.807, 2.05) is 6.92 Å². The lowest BCUT2D eigenvalue weighted by atomic mass is 9.79. The number of fused-ring (bicyclic) bond motifs is 1. The van der Waals surface area contributed by atoms with Gasteiger partial charge in [-0.2, -0.15) is 0 Å². The fourth-order valence-electron chi connectivity index (χ4n) is 5.01. The quantitative estimate of drug-likeness (QED) is 0.225. The number of hydrogen-bond acceptors (Lipinski definition) is 8. The van der Waals surface area contributed by atoms with Crippen molar-refractivity contribution in [2.45, 2.75) is 51.4 Å². The molecule has 1 aromatic carbocycles. The molecule has 0 fully saturated rings. The number of phosphoric acid groups is 1. The van der Waals surface area contributed by atoms with Gasteiger partial charge in [-0.05, 0) is 45.7 Å². The molecule has 12 nitrogen and oxygen atoms in total. The first kappa shape index (κ1) is 28.7. The molecule has 218 valence electrons. The summed E-state index contributed by atoms with van der Waals surface area (Å²) in [5, 5.41) is 8.56. The van der Waals surface area contributed by atoms with Crippen molar-refractivity contribution < 1.29 is 41.5 Å². The Bertz CT molecular complexity index is 1650. The van der Waals surface area contributed by atoms with Crippen LogP contribution in [0.25, 0.3) is 17.2 Å². The number of methoxy groups -OCH3 is 1. The zero-order valence-electron chi connectivity index (χ0n) is 22.4. The molecule has 0 radical (unpaired) electrons. The number of ether oxygens (including phenoxy) is 2. The molecule has 16 heteroatoms. The zero-order valence-corrected chi connectivity index (χ0v) is 23.3. The Morgan fingerprint density at radius 2 is 1.83 bits per heavy atom. The number of nitrogens with zero attached hydrogens (tertiary/aromatic N) is 6. The van der Waals surface area contributed by atoms with Crippen LogP contribution in [0.3, 0.4) is 0 Å². The molecule has 1 aliphatic heterocycles. The second-order valence-electron chi connectivity index (χ2n) is 9.97. The lowest BCUT2D eigenvalue weighted by molar-refractivity contribution is -0.131. The van der Waals surface area contributed by atoms with Gasteiger partial charge in [0.1, 0.15) is 22.7 Å². The third kappa shape index (κ3) is 5.21. The molecular formula is C25H26F3N6O6P. The number of aromatic nitrogens is 6. The van der Waals surface area contributed by atoms with E-state index >= 15 is 0 Å². The van der Waals surface area contributed by atoms with Crippen molar-refractivity contribution in [3.63, 3.8) is 0 Å². The van der Waals surface area contributed by atoms with Crippen molar-refractivity contribution in [2.24, 2.45) is 0 Å². The summed E-state index contributed by atoms with van der Waals surface area (Å²) >= 11 is 0. The summed E-state index contributed by atoms with van der Waals surface area (Å²) in [5.41, 5.74) is -1.93. The molecule has 0 bridgehead atoms. The summed E-state index contributed by atoms with van der Waals surface area (Å²) in [7, 11) is -3.66. The molecule has 0 saturated carbocycles. The highest BCUT2D eigenvalue weighted by molar-refractivity contribution is 7.46. The number of aryl methyl sites for hydroxylation is 1. The van der Waals surface area contributed by atoms with E-state index in [2.05, 4.69) is 20.2 Å². The maximum atomic E-state index is 14.1. The molecule has 0 unspecified atom stereocenters. The number of halogens is 3. The third-order valence-electron chi connectivity index (χ3n) is 6.84. The first-order valence-electron chi connectivity index (χ1n) is 12.3. The minimum atomic E-state index is -5.12. The molecule has 41 heavy (non-hydrogen) atoms. The van der Waals surface area contributed by atoms with Crippen molar-refractivity contribution in [2.75, 3.05) is 7.11 Å². The van der Waals surface area contributed by atoms with Gasteiger partial charge in [0.15, 0.2) is 34.7 Å². The van der Waals surface area contributed by atoms with E-state index in [0.29, 0.717) is 36.5 Å². The largest absolute Gasteiger partial charge is 0.479 e. The van der Waals surface area contributed by atoms with E-state index in [4.69, 9.17) is 14.0 Å². The van der Waals surface area contributed by atoms with Crippen molar-refractivity contribution in [3.8, 4) is 28.8 Å². The lowest BCUT2D eigenvalue weighted by Gasteiger charge is -2.46. The predicted molar refractivity (Wildman–Crippen MR) is 137 cm³/mol. The number of phosphoric ester groups is 1. The second kappa shape index (κ2) is 10.2. The molecule has 1 atom stereocenters. The van der Waals surface area contributed by atoms with Crippen molar-refractivity contribution in [3.05, 3.63) is 65.8 Å². The van der Waals surface area contributed by atoms with Crippen molar-refractivity contribution >= 4 is 7.82 Å². The summed E-state index contributed by atoms with van der Waals surface area (Å²) in [4.78, 5) is 28.2. The van der Waals surface area contributed by atoms with Crippen LogP contribution in [-0.4, -0.2) is 51.8 Å². The van der Waals surface area contributed by atoms with Crippen LogP contribution in [-0.2, 0) is 21.2 Å². The maximum Gasteiger partial charge on any atom is 0.470 e. The highest BCUT2D eigenvalue weighted by atomic mass is 31.2. The fourth-order valence-corrected chi connectivity index (χ4v) is 5.75. The predicted octanol–water partition coefficient (Wildman–Crippen LogP) is 4.22. The Labute approximate surface area is 232 Å². The monoisotopic (exact) mass is 594 g/mol. The van der Waals surface area contributed by atoms with Crippen molar-refractivity contribution in [1.82, 2.24) is 29.3 Å². The van der Waals surface area contributed by atoms with Gasteiger partial charge >= 0.3 is 7.82 Å². The van der Waals surface area contributed by atoms with Gasteiger partial charge in [-0.1, -0.05) is 0 Å². The number of imidazole rings is 1. The van der Waals surface area contributed by atoms with Gasteiger partial charge in [0.2, 0.25) is 5.88 Å². The van der Waals surface area contributed by atoms with Gasteiger partial charge in [-0.3, -0.25) is 4.52 Å². The summed E-state index contributed by atoms with van der Waals surface area (Å²) in [5.74, 6) is -4.57. The van der Waals surface area contributed by atoms with Gasteiger partial charge in [0.25, 0.3) is 0 Å². The standard InChI is InChI=1S/C25H26F3N6O6P/c1-14-12-33(13-29-14)19-7-6-18(30-22(19)38-4)21-31-32-23-25(8-5-9-34(21)23,24(2,3)40-41(35,36)37)39-15-10-16(26)20(28)17(27)11-15/h6-7,10-13H,5,8-9H2,1-4H3,(H2,35,36,37)/t25-/m0/s1. The number of hydrogen-bond donors (Lipinski definition) is 2. The Balaban J connectivity index is 1.65. The molecule has 4 heterocycles. The van der Waals surface area contributed by atoms with Crippen molar-refractivity contribution in [1.29, 1.82) is 0 Å². The molecule has 5 rings (SSSR count). The van der Waals surface area contributed by atoms with Gasteiger partial charge in [0.05, 0.1) is 19.1 Å². The summed E-state index contributed by atoms with van der Waals surface area (Å²) in [6, 6.07) is 4.70. The van der Waals surface area contributed by atoms with Crippen LogP contribution in [0.15, 0.2) is 36.8 Å². The Morgan fingerprint density at radius 1 is 1.12 bits per heavy atom. The molecule has 0 spiro atoms. The smallest absolute Gasteiger partial charge is 0.470 e. The van der Waals surface area contributed by atoms with E-state index in [9.17, 15) is 27.5 Å². The number of benzene rings is 1. The summed E-state index contributed by atoms with van der Waals surface area (Å²) in [6.45, 7) is 4.87. The van der Waals surface area contributed by atoms with Gasteiger partial charge in [0, 0.05) is 24.9 Å². The summed E-state index contributed by atoms with van der Waals surface area (Å²) < 4.78 is 74.0. The lowest BCUT2D eigenvalue weighted by Crippen LogP contribution is -2.56. The summed E-state index contributed by atoms with van der Waals surface area (Å²) in [6.07, 6.45) is 3.81. The number of pyridine rings is 1. The highest BCUT2D eigenvalue weighted by Crippen LogP contribution is 2.52.